The number of hydrogen-bond donors (Lipinski definition) is 1. The van der Waals surface area contributed by atoms with E-state index < -0.39 is 0 Å². The van der Waals surface area contributed by atoms with Gasteiger partial charge in [-0.3, -0.25) is 0 Å². The van der Waals surface area contributed by atoms with E-state index in [0.29, 0.717) is 11.6 Å². The Bertz CT molecular complexity index is 537. The molecule has 2 aromatic rings. The molecule has 1 aromatic carbocycles. The molecule has 2 N–H and O–H groups in total. The highest BCUT2D eigenvalue weighted by Crippen LogP contribution is 2.27. The molecule has 0 fully saturated rings. The molecule has 4 heteroatoms. The van der Waals surface area contributed by atoms with Gasteiger partial charge in [0.15, 0.2) is 0 Å². The molecule has 1 aromatic heterocycles. The van der Waals surface area contributed by atoms with Gasteiger partial charge in [0.25, 0.3) is 0 Å². The van der Waals surface area contributed by atoms with Crippen LogP contribution in [0, 0.1) is 0 Å². The number of fused-ring (bicyclic) bond motifs is 1. The molecule has 0 aliphatic carbocycles. The van der Waals surface area contributed by atoms with E-state index in [4.69, 9.17) is 10.5 Å². The predicted molar refractivity (Wildman–Crippen MR) is 68.9 cm³/mol. The van der Waals surface area contributed by atoms with E-state index in [1.54, 1.807) is 0 Å². The van der Waals surface area contributed by atoms with Gasteiger partial charge in [-0.1, -0.05) is 6.92 Å². The van der Waals surface area contributed by atoms with Crippen molar-refractivity contribution >= 4 is 16.6 Å². The Morgan fingerprint density at radius 2 is 2.06 bits per heavy atom. The van der Waals surface area contributed by atoms with Gasteiger partial charge in [-0.05, 0) is 38.5 Å². The van der Waals surface area contributed by atoms with Gasteiger partial charge in [-0.15, -0.1) is 0 Å². The summed E-state index contributed by atoms with van der Waals surface area (Å²) in [5.74, 6) is 0.592. The second-order valence-corrected chi connectivity index (χ2v) is 4.67. The van der Waals surface area contributed by atoms with Crippen LogP contribution in [-0.4, -0.2) is 15.6 Å². The van der Waals surface area contributed by atoms with E-state index in [1.165, 1.54) is 6.33 Å². The van der Waals surface area contributed by atoms with Gasteiger partial charge in [0.2, 0.25) is 5.88 Å². The highest BCUT2D eigenvalue weighted by molar-refractivity contribution is 5.86. The molecule has 2 rings (SSSR count). The number of ether oxygens (including phenoxy) is 1. The molecule has 0 saturated heterocycles. The monoisotopic (exact) mass is 231 g/mol. The Morgan fingerprint density at radius 1 is 1.29 bits per heavy atom. The standard InChI is InChI=1S/C13H17N3O/c1-4-13(2,3)17-12-10-7-9(14)5-6-11(10)15-8-16-12/h5-8H,4,14H2,1-3H3. The summed E-state index contributed by atoms with van der Waals surface area (Å²) in [6, 6.07) is 5.54. The Labute approximate surface area is 101 Å². The van der Waals surface area contributed by atoms with Crippen molar-refractivity contribution in [2.24, 2.45) is 0 Å². The molecule has 1 heterocycles. The van der Waals surface area contributed by atoms with Crippen molar-refractivity contribution in [1.82, 2.24) is 9.97 Å². The van der Waals surface area contributed by atoms with E-state index >= 15 is 0 Å². The van der Waals surface area contributed by atoms with Gasteiger partial charge >= 0.3 is 0 Å². The van der Waals surface area contributed by atoms with Crippen LogP contribution in [0.25, 0.3) is 10.9 Å². The first-order chi connectivity index (χ1) is 8.02. The van der Waals surface area contributed by atoms with Gasteiger partial charge in [0, 0.05) is 5.69 Å². The highest BCUT2D eigenvalue weighted by Gasteiger charge is 2.19. The lowest BCUT2D eigenvalue weighted by molar-refractivity contribution is 0.101. The van der Waals surface area contributed by atoms with Crippen LogP contribution < -0.4 is 10.5 Å². The van der Waals surface area contributed by atoms with Crippen molar-refractivity contribution in [1.29, 1.82) is 0 Å². The summed E-state index contributed by atoms with van der Waals surface area (Å²) in [6.45, 7) is 6.15. The average Bonchev–Trinajstić information content (AvgIpc) is 2.30. The zero-order valence-corrected chi connectivity index (χ0v) is 10.4. The number of nitrogen functional groups attached to an aromatic ring is 1. The minimum Gasteiger partial charge on any atom is -0.471 e. The second kappa shape index (κ2) is 4.20. The molecule has 90 valence electrons. The first-order valence-corrected chi connectivity index (χ1v) is 5.71. The smallest absolute Gasteiger partial charge is 0.225 e. The summed E-state index contributed by atoms with van der Waals surface area (Å²) in [5.41, 5.74) is 7.06. The molecule has 0 radical (unpaired) electrons. The number of anilines is 1. The fourth-order valence-corrected chi connectivity index (χ4v) is 1.47. The molecule has 0 unspecified atom stereocenters. The van der Waals surface area contributed by atoms with Crippen molar-refractivity contribution in [3.63, 3.8) is 0 Å². The van der Waals surface area contributed by atoms with Crippen molar-refractivity contribution in [3.8, 4) is 5.88 Å². The molecular weight excluding hydrogens is 214 g/mol. The largest absolute Gasteiger partial charge is 0.471 e. The van der Waals surface area contributed by atoms with Gasteiger partial charge in [-0.25, -0.2) is 9.97 Å². The second-order valence-electron chi connectivity index (χ2n) is 4.67. The Morgan fingerprint density at radius 3 is 2.76 bits per heavy atom. The van der Waals surface area contributed by atoms with Crippen LogP contribution in [0.15, 0.2) is 24.5 Å². The molecule has 0 spiro atoms. The summed E-state index contributed by atoms with van der Waals surface area (Å²) < 4.78 is 5.91. The van der Waals surface area contributed by atoms with Crippen LogP contribution in [0.2, 0.25) is 0 Å². The topological polar surface area (TPSA) is 61.0 Å². The lowest BCUT2D eigenvalue weighted by Gasteiger charge is -2.24. The molecule has 0 aliphatic rings. The summed E-state index contributed by atoms with van der Waals surface area (Å²) in [5, 5.41) is 0.856. The summed E-state index contributed by atoms with van der Waals surface area (Å²) >= 11 is 0. The van der Waals surface area contributed by atoms with Crippen LogP contribution in [0.1, 0.15) is 27.2 Å². The van der Waals surface area contributed by atoms with Crippen molar-refractivity contribution in [3.05, 3.63) is 24.5 Å². The van der Waals surface area contributed by atoms with Gasteiger partial charge < -0.3 is 10.5 Å². The van der Waals surface area contributed by atoms with Crippen molar-refractivity contribution in [2.75, 3.05) is 5.73 Å². The number of benzene rings is 1. The van der Waals surface area contributed by atoms with Crippen LogP contribution in [0.3, 0.4) is 0 Å². The van der Waals surface area contributed by atoms with Gasteiger partial charge in [0.1, 0.15) is 11.9 Å². The Hall–Kier alpha value is -1.84. The quantitative estimate of drug-likeness (QED) is 0.825. The zero-order chi connectivity index (χ0) is 12.5. The van der Waals surface area contributed by atoms with Crippen LogP contribution in [0.5, 0.6) is 5.88 Å². The number of aromatic nitrogens is 2. The Kier molecular flexibility index (Phi) is 2.88. The van der Waals surface area contributed by atoms with E-state index in [9.17, 15) is 0 Å². The summed E-state index contributed by atoms with van der Waals surface area (Å²) in [4.78, 5) is 8.38. The third-order valence-electron chi connectivity index (χ3n) is 2.85. The van der Waals surface area contributed by atoms with E-state index in [0.717, 1.165) is 17.3 Å². The summed E-state index contributed by atoms with van der Waals surface area (Å²) in [6.07, 6.45) is 2.42. The average molecular weight is 231 g/mol. The molecular formula is C13H17N3O. The number of hydrogen-bond acceptors (Lipinski definition) is 4. The lowest BCUT2D eigenvalue weighted by atomic mass is 10.1. The van der Waals surface area contributed by atoms with E-state index in [2.05, 4.69) is 16.9 Å². The Balaban J connectivity index is 2.50. The normalized spacial score (nSPS) is 11.7. The molecule has 0 amide bonds. The molecule has 0 bridgehead atoms. The van der Waals surface area contributed by atoms with Crippen LogP contribution >= 0.6 is 0 Å². The lowest BCUT2D eigenvalue weighted by Crippen LogP contribution is -2.27. The minimum absolute atomic E-state index is 0.244. The maximum absolute atomic E-state index is 5.91. The summed E-state index contributed by atoms with van der Waals surface area (Å²) in [7, 11) is 0. The highest BCUT2D eigenvalue weighted by atomic mass is 16.5. The van der Waals surface area contributed by atoms with Crippen LogP contribution in [0.4, 0.5) is 5.69 Å². The number of nitrogens with two attached hydrogens (primary N) is 1. The van der Waals surface area contributed by atoms with E-state index in [-0.39, 0.29) is 5.60 Å². The molecule has 0 aliphatic heterocycles. The first-order valence-electron chi connectivity index (χ1n) is 5.71. The third kappa shape index (κ3) is 2.46. The zero-order valence-electron chi connectivity index (χ0n) is 10.4. The van der Waals surface area contributed by atoms with E-state index in [1.807, 2.05) is 32.0 Å². The fraction of sp³-hybridized carbons (Fsp3) is 0.385. The van der Waals surface area contributed by atoms with Gasteiger partial charge in [-0.2, -0.15) is 0 Å². The molecule has 4 nitrogen and oxygen atoms in total. The molecule has 0 atom stereocenters. The maximum atomic E-state index is 5.91. The third-order valence-corrected chi connectivity index (χ3v) is 2.85. The van der Waals surface area contributed by atoms with Gasteiger partial charge in [0.05, 0.1) is 10.9 Å². The SMILES string of the molecule is CCC(C)(C)Oc1ncnc2ccc(N)cc12. The maximum Gasteiger partial charge on any atom is 0.225 e. The fourth-order valence-electron chi connectivity index (χ4n) is 1.47. The molecule has 0 saturated carbocycles. The van der Waals surface area contributed by atoms with Crippen molar-refractivity contribution in [2.45, 2.75) is 32.8 Å². The predicted octanol–water partition coefficient (Wildman–Crippen LogP) is 2.78. The molecule has 17 heavy (non-hydrogen) atoms. The van der Waals surface area contributed by atoms with Crippen molar-refractivity contribution < 1.29 is 4.74 Å². The number of nitrogens with zero attached hydrogens (tertiary/aromatic N) is 2. The first kappa shape index (κ1) is 11.6. The van der Waals surface area contributed by atoms with Crippen LogP contribution in [-0.2, 0) is 0 Å². The number of rotatable bonds is 3. The minimum atomic E-state index is -0.244.